The van der Waals surface area contributed by atoms with Crippen molar-refractivity contribution in [3.8, 4) is 0 Å². The lowest BCUT2D eigenvalue weighted by atomic mass is 10.0. The zero-order valence-electron chi connectivity index (χ0n) is 19.5. The molecule has 0 saturated carbocycles. The molecule has 33 heavy (non-hydrogen) atoms. The Morgan fingerprint density at radius 1 is 1.24 bits per heavy atom. The maximum Gasteiger partial charge on any atom is 0.254 e. The van der Waals surface area contributed by atoms with Crippen LogP contribution in [0.3, 0.4) is 0 Å². The number of rotatable bonds is 8. The van der Waals surface area contributed by atoms with E-state index in [-0.39, 0.29) is 18.0 Å². The number of pyridine rings is 1. The van der Waals surface area contributed by atoms with E-state index in [1.807, 2.05) is 56.4 Å². The van der Waals surface area contributed by atoms with Crippen molar-refractivity contribution in [1.29, 1.82) is 0 Å². The van der Waals surface area contributed by atoms with Gasteiger partial charge in [-0.15, -0.1) is 0 Å². The second-order valence-electron chi connectivity index (χ2n) is 8.98. The van der Waals surface area contributed by atoms with Gasteiger partial charge in [-0.05, 0) is 62.4 Å². The Balaban J connectivity index is 1.35. The fourth-order valence-electron chi connectivity index (χ4n) is 4.77. The standard InChI is InChI=1S/C26H33N5O2/c1-4-24(23-14-17(2)29-30-23)31(3)26(33)19-9-7-18(8-10-19)15-21-11-12-22(28-21)25(32)20-6-5-13-27-16-20/h5-10,13-14,16,21-22,24-25,28,32H,4,11-12,15H2,1-3H3,(H,29,30)/t21-,22+,24?,25+/m0/s1. The van der Waals surface area contributed by atoms with Crippen molar-refractivity contribution in [3.05, 3.63) is 82.9 Å². The molecule has 1 unspecified atom stereocenters. The van der Waals surface area contributed by atoms with Gasteiger partial charge >= 0.3 is 0 Å². The Labute approximate surface area is 195 Å². The molecule has 7 heteroatoms. The molecule has 1 aliphatic heterocycles. The van der Waals surface area contributed by atoms with Gasteiger partial charge in [0.25, 0.3) is 5.91 Å². The normalized spacial score (nSPS) is 19.9. The summed E-state index contributed by atoms with van der Waals surface area (Å²) >= 11 is 0. The van der Waals surface area contributed by atoms with Gasteiger partial charge in [-0.25, -0.2) is 0 Å². The first-order valence-electron chi connectivity index (χ1n) is 11.7. The molecule has 1 amide bonds. The third-order valence-electron chi connectivity index (χ3n) is 6.63. The monoisotopic (exact) mass is 447 g/mol. The first kappa shape index (κ1) is 23.1. The summed E-state index contributed by atoms with van der Waals surface area (Å²) in [5.41, 5.74) is 4.58. The lowest BCUT2D eigenvalue weighted by Crippen LogP contribution is -2.35. The van der Waals surface area contributed by atoms with E-state index >= 15 is 0 Å². The molecule has 3 aromatic rings. The molecular formula is C26H33N5O2. The predicted octanol–water partition coefficient (Wildman–Crippen LogP) is 3.73. The molecule has 1 aromatic carbocycles. The molecule has 3 heterocycles. The van der Waals surface area contributed by atoms with Gasteiger partial charge < -0.3 is 15.3 Å². The molecular weight excluding hydrogens is 414 g/mol. The molecule has 0 bridgehead atoms. The summed E-state index contributed by atoms with van der Waals surface area (Å²) in [6.45, 7) is 4.01. The second kappa shape index (κ2) is 10.3. The zero-order valence-corrected chi connectivity index (χ0v) is 19.5. The first-order chi connectivity index (χ1) is 16.0. The predicted molar refractivity (Wildman–Crippen MR) is 128 cm³/mol. The van der Waals surface area contributed by atoms with Crippen LogP contribution in [0.5, 0.6) is 0 Å². The smallest absolute Gasteiger partial charge is 0.254 e. The van der Waals surface area contributed by atoms with Crippen LogP contribution in [0.2, 0.25) is 0 Å². The number of aromatic amines is 1. The van der Waals surface area contributed by atoms with Gasteiger partial charge in [0.15, 0.2) is 0 Å². The summed E-state index contributed by atoms with van der Waals surface area (Å²) in [6.07, 6.45) is 6.49. The Kier molecular flexibility index (Phi) is 7.20. The molecule has 4 rings (SSSR count). The SMILES string of the molecule is CCC(c1cc(C)n[nH]1)N(C)C(=O)c1ccc(C[C@@H]2CC[C@H]([C@H](O)c3cccnc3)N2)cc1. The molecule has 2 aromatic heterocycles. The molecule has 1 saturated heterocycles. The van der Waals surface area contributed by atoms with Crippen molar-refractivity contribution in [2.45, 2.75) is 63.8 Å². The molecule has 0 spiro atoms. The highest BCUT2D eigenvalue weighted by molar-refractivity contribution is 5.94. The average molecular weight is 448 g/mol. The second-order valence-corrected chi connectivity index (χ2v) is 8.98. The third-order valence-corrected chi connectivity index (χ3v) is 6.63. The van der Waals surface area contributed by atoms with Gasteiger partial charge in [0.05, 0.1) is 23.5 Å². The van der Waals surface area contributed by atoms with Crippen LogP contribution in [0.15, 0.2) is 54.9 Å². The third kappa shape index (κ3) is 5.31. The number of aromatic nitrogens is 3. The van der Waals surface area contributed by atoms with E-state index in [4.69, 9.17) is 0 Å². The van der Waals surface area contributed by atoms with E-state index in [0.717, 1.165) is 42.6 Å². The Hall–Kier alpha value is -3.03. The molecule has 174 valence electrons. The van der Waals surface area contributed by atoms with E-state index in [1.54, 1.807) is 17.3 Å². The number of amides is 1. The minimum atomic E-state index is -0.551. The number of hydrogen-bond donors (Lipinski definition) is 3. The van der Waals surface area contributed by atoms with E-state index in [2.05, 4.69) is 27.4 Å². The van der Waals surface area contributed by atoms with Crippen molar-refractivity contribution in [3.63, 3.8) is 0 Å². The van der Waals surface area contributed by atoms with E-state index in [0.29, 0.717) is 11.6 Å². The van der Waals surface area contributed by atoms with Gasteiger partial charge in [0, 0.05) is 42.7 Å². The largest absolute Gasteiger partial charge is 0.387 e. The number of nitrogens with one attached hydrogen (secondary N) is 2. The number of aryl methyl sites for hydroxylation is 1. The summed E-state index contributed by atoms with van der Waals surface area (Å²) < 4.78 is 0. The van der Waals surface area contributed by atoms with E-state index in [9.17, 15) is 9.90 Å². The topological polar surface area (TPSA) is 94.1 Å². The van der Waals surface area contributed by atoms with Gasteiger partial charge in [-0.2, -0.15) is 5.10 Å². The number of benzene rings is 1. The summed E-state index contributed by atoms with van der Waals surface area (Å²) in [7, 11) is 1.84. The van der Waals surface area contributed by atoms with Crippen LogP contribution in [0.1, 0.15) is 71.2 Å². The van der Waals surface area contributed by atoms with Gasteiger partial charge in [-0.3, -0.25) is 14.9 Å². The first-order valence-corrected chi connectivity index (χ1v) is 11.7. The van der Waals surface area contributed by atoms with Crippen LogP contribution in [0.25, 0.3) is 0 Å². The van der Waals surface area contributed by atoms with Gasteiger partial charge in [0.2, 0.25) is 0 Å². The molecule has 1 fully saturated rings. The molecule has 0 aliphatic carbocycles. The molecule has 0 radical (unpaired) electrons. The summed E-state index contributed by atoms with van der Waals surface area (Å²) in [5.74, 6) is -0.000647. The lowest BCUT2D eigenvalue weighted by Gasteiger charge is -2.26. The lowest BCUT2D eigenvalue weighted by molar-refractivity contribution is 0.0722. The van der Waals surface area contributed by atoms with Crippen molar-refractivity contribution in [2.75, 3.05) is 7.05 Å². The van der Waals surface area contributed by atoms with Crippen molar-refractivity contribution in [2.24, 2.45) is 0 Å². The minimum absolute atomic E-state index is 0.000647. The number of hydrogen-bond acceptors (Lipinski definition) is 5. The highest BCUT2D eigenvalue weighted by Gasteiger charge is 2.30. The molecule has 7 nitrogen and oxygen atoms in total. The van der Waals surface area contributed by atoms with Crippen LogP contribution >= 0.6 is 0 Å². The number of aliphatic hydroxyl groups excluding tert-OH is 1. The van der Waals surface area contributed by atoms with Crippen LogP contribution < -0.4 is 5.32 Å². The van der Waals surface area contributed by atoms with Crippen molar-refractivity contribution < 1.29 is 9.90 Å². The minimum Gasteiger partial charge on any atom is -0.387 e. The van der Waals surface area contributed by atoms with Crippen molar-refractivity contribution >= 4 is 5.91 Å². The maximum atomic E-state index is 13.1. The van der Waals surface area contributed by atoms with Crippen LogP contribution in [0, 0.1) is 6.92 Å². The highest BCUT2D eigenvalue weighted by atomic mass is 16.3. The Morgan fingerprint density at radius 3 is 2.67 bits per heavy atom. The Bertz CT molecular complexity index is 1050. The number of nitrogens with zero attached hydrogens (tertiary/aromatic N) is 3. The Morgan fingerprint density at radius 2 is 2.03 bits per heavy atom. The number of H-pyrrole nitrogens is 1. The van der Waals surface area contributed by atoms with Crippen LogP contribution in [-0.4, -0.2) is 50.2 Å². The molecule has 3 N–H and O–H groups in total. The summed E-state index contributed by atoms with van der Waals surface area (Å²) in [6, 6.07) is 14.0. The molecule has 1 aliphatic rings. The van der Waals surface area contributed by atoms with Gasteiger partial charge in [-0.1, -0.05) is 25.1 Å². The number of aliphatic hydroxyl groups is 1. The fourth-order valence-corrected chi connectivity index (χ4v) is 4.77. The quantitative estimate of drug-likeness (QED) is 0.489. The summed E-state index contributed by atoms with van der Waals surface area (Å²) in [5, 5.41) is 21.5. The van der Waals surface area contributed by atoms with Crippen LogP contribution in [-0.2, 0) is 6.42 Å². The number of carbonyl (C=O) groups is 1. The number of carbonyl (C=O) groups excluding carboxylic acids is 1. The van der Waals surface area contributed by atoms with E-state index < -0.39 is 6.10 Å². The highest BCUT2D eigenvalue weighted by Crippen LogP contribution is 2.27. The fraction of sp³-hybridized carbons (Fsp3) is 0.423. The van der Waals surface area contributed by atoms with Crippen LogP contribution in [0.4, 0.5) is 0 Å². The maximum absolute atomic E-state index is 13.1. The summed E-state index contributed by atoms with van der Waals surface area (Å²) in [4.78, 5) is 19.0. The van der Waals surface area contributed by atoms with Crippen molar-refractivity contribution in [1.82, 2.24) is 25.4 Å². The van der Waals surface area contributed by atoms with Gasteiger partial charge in [0.1, 0.15) is 0 Å². The average Bonchev–Trinajstić information content (AvgIpc) is 3.49. The molecule has 4 atom stereocenters. The zero-order chi connectivity index (χ0) is 23.4. The van der Waals surface area contributed by atoms with E-state index in [1.165, 1.54) is 5.56 Å².